The standard InChI is InChI=1S/C16H25FN2/c1-13(2)19-11-8-16(9-12-19)18-10-7-14-3-5-15(17)6-4-14/h3-6,13,16,18H,7-12H2,1-2H3. The smallest absolute Gasteiger partial charge is 0.123 e. The zero-order chi connectivity index (χ0) is 13.7. The van der Waals surface area contributed by atoms with Gasteiger partial charge in [0.05, 0.1) is 0 Å². The van der Waals surface area contributed by atoms with E-state index in [1.54, 1.807) is 0 Å². The van der Waals surface area contributed by atoms with Gasteiger partial charge in [0, 0.05) is 12.1 Å². The Hall–Kier alpha value is -0.930. The van der Waals surface area contributed by atoms with Crippen molar-refractivity contribution in [2.45, 2.75) is 45.2 Å². The van der Waals surface area contributed by atoms with Crippen molar-refractivity contribution in [3.05, 3.63) is 35.6 Å². The van der Waals surface area contributed by atoms with E-state index >= 15 is 0 Å². The van der Waals surface area contributed by atoms with Crippen molar-refractivity contribution in [2.75, 3.05) is 19.6 Å². The molecule has 0 aliphatic carbocycles. The van der Waals surface area contributed by atoms with E-state index in [2.05, 4.69) is 24.1 Å². The van der Waals surface area contributed by atoms with Crippen LogP contribution in [-0.2, 0) is 6.42 Å². The van der Waals surface area contributed by atoms with E-state index in [1.165, 1.54) is 43.6 Å². The zero-order valence-corrected chi connectivity index (χ0v) is 12.0. The maximum absolute atomic E-state index is 12.8. The zero-order valence-electron chi connectivity index (χ0n) is 12.0. The van der Waals surface area contributed by atoms with Gasteiger partial charge >= 0.3 is 0 Å². The molecule has 1 aromatic rings. The second kappa shape index (κ2) is 7.01. The van der Waals surface area contributed by atoms with Gasteiger partial charge in [-0.2, -0.15) is 0 Å². The highest BCUT2D eigenvalue weighted by atomic mass is 19.1. The molecule has 0 saturated carbocycles. The Kier molecular flexibility index (Phi) is 5.34. The average Bonchev–Trinajstić information content (AvgIpc) is 2.41. The van der Waals surface area contributed by atoms with Gasteiger partial charge in [0.2, 0.25) is 0 Å². The van der Waals surface area contributed by atoms with Crippen LogP contribution in [0.5, 0.6) is 0 Å². The number of nitrogens with zero attached hydrogens (tertiary/aromatic N) is 1. The van der Waals surface area contributed by atoms with E-state index in [0.717, 1.165) is 13.0 Å². The molecule has 2 rings (SSSR count). The van der Waals surface area contributed by atoms with E-state index < -0.39 is 0 Å². The fourth-order valence-corrected chi connectivity index (χ4v) is 2.69. The number of rotatable bonds is 5. The number of benzene rings is 1. The number of likely N-dealkylation sites (tertiary alicyclic amines) is 1. The van der Waals surface area contributed by atoms with Crippen molar-refractivity contribution in [1.82, 2.24) is 10.2 Å². The molecule has 106 valence electrons. The van der Waals surface area contributed by atoms with Gasteiger partial charge in [-0.25, -0.2) is 4.39 Å². The largest absolute Gasteiger partial charge is 0.314 e. The lowest BCUT2D eigenvalue weighted by Crippen LogP contribution is -2.45. The maximum atomic E-state index is 12.8. The molecule has 0 bridgehead atoms. The quantitative estimate of drug-likeness (QED) is 0.880. The Morgan fingerprint density at radius 1 is 1.21 bits per heavy atom. The third-order valence-electron chi connectivity index (χ3n) is 4.02. The topological polar surface area (TPSA) is 15.3 Å². The highest BCUT2D eigenvalue weighted by Crippen LogP contribution is 2.13. The minimum absolute atomic E-state index is 0.155. The summed E-state index contributed by atoms with van der Waals surface area (Å²) in [6.07, 6.45) is 3.45. The van der Waals surface area contributed by atoms with Gasteiger partial charge in [-0.3, -0.25) is 0 Å². The molecule has 0 radical (unpaired) electrons. The highest BCUT2D eigenvalue weighted by Gasteiger charge is 2.19. The van der Waals surface area contributed by atoms with Crippen LogP contribution in [0.15, 0.2) is 24.3 Å². The summed E-state index contributed by atoms with van der Waals surface area (Å²) in [6, 6.07) is 8.14. The minimum atomic E-state index is -0.155. The van der Waals surface area contributed by atoms with Crippen LogP contribution in [-0.4, -0.2) is 36.6 Å². The molecule has 0 amide bonds. The van der Waals surface area contributed by atoms with Crippen LogP contribution in [0.1, 0.15) is 32.3 Å². The van der Waals surface area contributed by atoms with Crippen LogP contribution < -0.4 is 5.32 Å². The first-order chi connectivity index (χ1) is 9.15. The molecule has 0 unspecified atom stereocenters. The van der Waals surface area contributed by atoms with Gasteiger partial charge in [-0.15, -0.1) is 0 Å². The number of hydrogen-bond donors (Lipinski definition) is 1. The predicted molar refractivity (Wildman–Crippen MR) is 77.8 cm³/mol. The highest BCUT2D eigenvalue weighted by molar-refractivity contribution is 5.16. The van der Waals surface area contributed by atoms with Crippen molar-refractivity contribution >= 4 is 0 Å². The molecule has 19 heavy (non-hydrogen) atoms. The summed E-state index contributed by atoms with van der Waals surface area (Å²) in [7, 11) is 0. The Morgan fingerprint density at radius 2 is 1.84 bits per heavy atom. The van der Waals surface area contributed by atoms with Crippen LogP contribution >= 0.6 is 0 Å². The van der Waals surface area contributed by atoms with Crippen molar-refractivity contribution in [2.24, 2.45) is 0 Å². The summed E-state index contributed by atoms with van der Waals surface area (Å²) in [5, 5.41) is 3.62. The molecule has 1 aromatic carbocycles. The minimum Gasteiger partial charge on any atom is -0.314 e. The number of halogens is 1. The third kappa shape index (κ3) is 4.59. The summed E-state index contributed by atoms with van der Waals surface area (Å²) >= 11 is 0. The summed E-state index contributed by atoms with van der Waals surface area (Å²) in [5.74, 6) is -0.155. The lowest BCUT2D eigenvalue weighted by atomic mass is 10.0. The summed E-state index contributed by atoms with van der Waals surface area (Å²) in [5.41, 5.74) is 1.20. The lowest BCUT2D eigenvalue weighted by molar-refractivity contribution is 0.161. The Labute approximate surface area is 116 Å². The van der Waals surface area contributed by atoms with E-state index in [0.29, 0.717) is 12.1 Å². The first-order valence-corrected chi connectivity index (χ1v) is 7.37. The van der Waals surface area contributed by atoms with E-state index in [9.17, 15) is 4.39 Å². The van der Waals surface area contributed by atoms with Gasteiger partial charge in [-0.05, 0) is 70.4 Å². The Bertz CT molecular complexity index is 367. The van der Waals surface area contributed by atoms with Gasteiger partial charge < -0.3 is 10.2 Å². The van der Waals surface area contributed by atoms with Crippen LogP contribution in [0, 0.1) is 5.82 Å². The second-order valence-corrected chi connectivity index (χ2v) is 5.73. The van der Waals surface area contributed by atoms with Gasteiger partial charge in [0.25, 0.3) is 0 Å². The molecule has 1 aliphatic rings. The van der Waals surface area contributed by atoms with Gasteiger partial charge in [0.15, 0.2) is 0 Å². The molecule has 1 saturated heterocycles. The fraction of sp³-hybridized carbons (Fsp3) is 0.625. The maximum Gasteiger partial charge on any atom is 0.123 e. The SMILES string of the molecule is CC(C)N1CCC(NCCc2ccc(F)cc2)CC1. The normalized spacial score (nSPS) is 18.1. The number of piperidine rings is 1. The number of nitrogens with one attached hydrogen (secondary N) is 1. The van der Waals surface area contributed by atoms with Crippen LogP contribution in [0.2, 0.25) is 0 Å². The molecular weight excluding hydrogens is 239 g/mol. The number of hydrogen-bond acceptors (Lipinski definition) is 2. The Balaban J connectivity index is 1.65. The van der Waals surface area contributed by atoms with Crippen LogP contribution in [0.25, 0.3) is 0 Å². The first kappa shape index (κ1) is 14.5. The molecule has 0 spiro atoms. The first-order valence-electron chi connectivity index (χ1n) is 7.37. The molecule has 2 nitrogen and oxygen atoms in total. The molecule has 1 N–H and O–H groups in total. The summed E-state index contributed by atoms with van der Waals surface area (Å²) < 4.78 is 12.8. The molecule has 3 heteroatoms. The summed E-state index contributed by atoms with van der Waals surface area (Å²) in [6.45, 7) is 7.92. The van der Waals surface area contributed by atoms with Crippen LogP contribution in [0.4, 0.5) is 4.39 Å². The molecule has 1 aliphatic heterocycles. The predicted octanol–water partition coefficient (Wildman–Crippen LogP) is 2.83. The van der Waals surface area contributed by atoms with E-state index in [4.69, 9.17) is 0 Å². The van der Waals surface area contributed by atoms with Crippen molar-refractivity contribution in [3.63, 3.8) is 0 Å². The average molecular weight is 264 g/mol. The molecule has 0 atom stereocenters. The Morgan fingerprint density at radius 3 is 2.42 bits per heavy atom. The lowest BCUT2D eigenvalue weighted by Gasteiger charge is -2.35. The van der Waals surface area contributed by atoms with Gasteiger partial charge in [0.1, 0.15) is 5.82 Å². The van der Waals surface area contributed by atoms with Crippen molar-refractivity contribution in [1.29, 1.82) is 0 Å². The third-order valence-corrected chi connectivity index (χ3v) is 4.02. The molecule has 1 fully saturated rings. The van der Waals surface area contributed by atoms with Gasteiger partial charge in [-0.1, -0.05) is 12.1 Å². The van der Waals surface area contributed by atoms with E-state index in [-0.39, 0.29) is 5.82 Å². The monoisotopic (exact) mass is 264 g/mol. The van der Waals surface area contributed by atoms with Crippen LogP contribution in [0.3, 0.4) is 0 Å². The molecular formula is C16H25FN2. The van der Waals surface area contributed by atoms with Crippen molar-refractivity contribution in [3.8, 4) is 0 Å². The molecule has 0 aromatic heterocycles. The van der Waals surface area contributed by atoms with E-state index in [1.807, 2.05) is 12.1 Å². The fourth-order valence-electron chi connectivity index (χ4n) is 2.69. The molecule has 1 heterocycles. The second-order valence-electron chi connectivity index (χ2n) is 5.73. The summed E-state index contributed by atoms with van der Waals surface area (Å²) in [4.78, 5) is 2.54. The van der Waals surface area contributed by atoms with Crippen molar-refractivity contribution < 1.29 is 4.39 Å².